The van der Waals surface area contributed by atoms with Gasteiger partial charge in [-0.3, -0.25) is 4.79 Å². The molecule has 0 fully saturated rings. The molecule has 0 amide bonds. The summed E-state index contributed by atoms with van der Waals surface area (Å²) in [4.78, 5) is 14.7. The van der Waals surface area contributed by atoms with E-state index in [1.54, 1.807) is 12.3 Å². The fourth-order valence-corrected chi connectivity index (χ4v) is 1.66. The summed E-state index contributed by atoms with van der Waals surface area (Å²) in [5.74, 6) is -0.292. The highest BCUT2D eigenvalue weighted by molar-refractivity contribution is 6.08. The number of ketones is 1. The van der Waals surface area contributed by atoms with Crippen LogP contribution in [0.4, 0.5) is 4.39 Å². The number of nitrogens with one attached hydrogen (secondary N) is 2. The minimum Gasteiger partial charge on any atom is -0.360 e. The molecule has 16 heavy (non-hydrogen) atoms. The van der Waals surface area contributed by atoms with E-state index in [1.165, 1.54) is 12.1 Å². The van der Waals surface area contributed by atoms with Crippen molar-refractivity contribution in [3.05, 3.63) is 35.8 Å². The third kappa shape index (κ3) is 1.97. The van der Waals surface area contributed by atoms with Crippen LogP contribution in [0.5, 0.6) is 0 Å². The average molecular weight is 220 g/mol. The lowest BCUT2D eigenvalue weighted by Gasteiger charge is -1.99. The number of hydrogen-bond donors (Lipinski definition) is 2. The van der Waals surface area contributed by atoms with Crippen LogP contribution in [0.3, 0.4) is 0 Å². The minimum absolute atomic E-state index is 0.0136. The van der Waals surface area contributed by atoms with Crippen LogP contribution in [0.15, 0.2) is 24.4 Å². The van der Waals surface area contributed by atoms with Crippen molar-refractivity contribution >= 4 is 16.7 Å². The molecule has 2 rings (SSSR count). The number of hydrogen-bond acceptors (Lipinski definition) is 2. The molecule has 2 N–H and O–H groups in total. The van der Waals surface area contributed by atoms with Crippen LogP contribution < -0.4 is 5.32 Å². The second-order valence-corrected chi connectivity index (χ2v) is 3.60. The number of benzene rings is 1. The maximum atomic E-state index is 12.9. The summed E-state index contributed by atoms with van der Waals surface area (Å²) < 4.78 is 12.9. The fraction of sp³-hybridized carbons (Fsp3) is 0.250. The van der Waals surface area contributed by atoms with Crippen LogP contribution in [0, 0.1) is 5.82 Å². The van der Waals surface area contributed by atoms with Gasteiger partial charge in [-0.1, -0.05) is 6.92 Å². The highest BCUT2D eigenvalue weighted by Gasteiger charge is 2.11. The molecule has 0 bridgehead atoms. The largest absolute Gasteiger partial charge is 0.360 e. The fourth-order valence-electron chi connectivity index (χ4n) is 1.66. The van der Waals surface area contributed by atoms with Gasteiger partial charge in [-0.05, 0) is 24.7 Å². The maximum Gasteiger partial charge on any atom is 0.178 e. The van der Waals surface area contributed by atoms with Crippen LogP contribution in [0.25, 0.3) is 10.9 Å². The number of carbonyl (C=O) groups excluding carboxylic acids is 1. The van der Waals surface area contributed by atoms with Gasteiger partial charge in [-0.15, -0.1) is 0 Å². The number of Topliss-reactive ketones (excluding diaryl/α,β-unsaturated/α-hetero) is 1. The average Bonchev–Trinajstić information content (AvgIpc) is 2.68. The monoisotopic (exact) mass is 220 g/mol. The molecular weight excluding hydrogens is 207 g/mol. The predicted molar refractivity (Wildman–Crippen MR) is 61.1 cm³/mol. The summed E-state index contributed by atoms with van der Waals surface area (Å²) in [7, 11) is 0. The zero-order chi connectivity index (χ0) is 11.5. The van der Waals surface area contributed by atoms with E-state index >= 15 is 0 Å². The Kier molecular flexibility index (Phi) is 3.01. The van der Waals surface area contributed by atoms with Crippen molar-refractivity contribution in [2.75, 3.05) is 13.1 Å². The lowest BCUT2D eigenvalue weighted by Crippen LogP contribution is -2.22. The van der Waals surface area contributed by atoms with Crippen molar-refractivity contribution in [2.45, 2.75) is 6.92 Å². The van der Waals surface area contributed by atoms with E-state index in [1.807, 2.05) is 6.92 Å². The first-order chi connectivity index (χ1) is 7.72. The molecule has 3 nitrogen and oxygen atoms in total. The minimum atomic E-state index is -0.306. The third-order valence-electron chi connectivity index (χ3n) is 2.48. The van der Waals surface area contributed by atoms with Crippen LogP contribution >= 0.6 is 0 Å². The van der Waals surface area contributed by atoms with Gasteiger partial charge in [0, 0.05) is 22.7 Å². The van der Waals surface area contributed by atoms with Crippen molar-refractivity contribution in [1.82, 2.24) is 10.3 Å². The number of aromatic nitrogens is 1. The van der Waals surface area contributed by atoms with E-state index in [-0.39, 0.29) is 11.6 Å². The van der Waals surface area contributed by atoms with Crippen LogP contribution in [0.1, 0.15) is 17.3 Å². The Morgan fingerprint density at radius 2 is 2.31 bits per heavy atom. The summed E-state index contributed by atoms with van der Waals surface area (Å²) in [6.45, 7) is 3.00. The van der Waals surface area contributed by atoms with Gasteiger partial charge in [0.05, 0.1) is 6.54 Å². The summed E-state index contributed by atoms with van der Waals surface area (Å²) in [5.41, 5.74) is 1.26. The van der Waals surface area contributed by atoms with E-state index in [9.17, 15) is 9.18 Å². The van der Waals surface area contributed by atoms with E-state index < -0.39 is 0 Å². The van der Waals surface area contributed by atoms with Gasteiger partial charge in [0.2, 0.25) is 0 Å². The number of H-pyrrole nitrogens is 1. The van der Waals surface area contributed by atoms with Crippen LogP contribution in [0.2, 0.25) is 0 Å². The summed E-state index contributed by atoms with van der Waals surface area (Å²) in [6.07, 6.45) is 1.63. The normalized spacial score (nSPS) is 10.9. The highest BCUT2D eigenvalue weighted by atomic mass is 19.1. The van der Waals surface area contributed by atoms with Crippen molar-refractivity contribution < 1.29 is 9.18 Å². The summed E-state index contributed by atoms with van der Waals surface area (Å²) in [6, 6.07) is 4.37. The molecule has 2 aromatic rings. The molecule has 1 heterocycles. The van der Waals surface area contributed by atoms with Crippen LogP contribution in [-0.2, 0) is 0 Å². The van der Waals surface area contributed by atoms with Crippen molar-refractivity contribution in [2.24, 2.45) is 0 Å². The van der Waals surface area contributed by atoms with E-state index in [2.05, 4.69) is 10.3 Å². The first-order valence-electron chi connectivity index (χ1n) is 5.23. The van der Waals surface area contributed by atoms with Gasteiger partial charge in [-0.2, -0.15) is 0 Å². The second-order valence-electron chi connectivity index (χ2n) is 3.60. The second kappa shape index (κ2) is 4.45. The van der Waals surface area contributed by atoms with E-state index in [0.29, 0.717) is 17.6 Å². The van der Waals surface area contributed by atoms with Gasteiger partial charge >= 0.3 is 0 Å². The summed E-state index contributed by atoms with van der Waals surface area (Å²) >= 11 is 0. The Labute approximate surface area is 92.7 Å². The number of rotatable bonds is 4. The Morgan fingerprint density at radius 1 is 1.50 bits per heavy atom. The smallest absolute Gasteiger partial charge is 0.178 e. The molecule has 84 valence electrons. The lowest BCUT2D eigenvalue weighted by atomic mass is 10.1. The SMILES string of the molecule is CCNCC(=O)c1c[nH]c2cc(F)ccc12. The number of carbonyl (C=O) groups is 1. The quantitative estimate of drug-likeness (QED) is 0.775. The Morgan fingerprint density at radius 3 is 3.06 bits per heavy atom. The molecule has 0 aliphatic rings. The number of fused-ring (bicyclic) bond motifs is 1. The predicted octanol–water partition coefficient (Wildman–Crippen LogP) is 2.10. The molecule has 0 unspecified atom stereocenters. The maximum absolute atomic E-state index is 12.9. The van der Waals surface area contributed by atoms with Gasteiger partial charge in [0.25, 0.3) is 0 Å². The number of likely N-dealkylation sites (N-methyl/N-ethyl adjacent to an activating group) is 1. The lowest BCUT2D eigenvalue weighted by molar-refractivity contribution is 0.0993. The van der Waals surface area contributed by atoms with Gasteiger partial charge in [-0.25, -0.2) is 4.39 Å². The standard InChI is InChI=1S/C12H13FN2O/c1-2-14-7-12(16)10-6-15-11-5-8(13)3-4-9(10)11/h3-6,14-15H,2,7H2,1H3. The molecule has 0 saturated heterocycles. The molecule has 0 aliphatic heterocycles. The first-order valence-corrected chi connectivity index (χ1v) is 5.23. The molecule has 0 spiro atoms. The molecule has 0 saturated carbocycles. The van der Waals surface area contributed by atoms with Gasteiger partial charge < -0.3 is 10.3 Å². The van der Waals surface area contributed by atoms with Crippen molar-refractivity contribution in [3.8, 4) is 0 Å². The molecule has 1 aromatic carbocycles. The zero-order valence-electron chi connectivity index (χ0n) is 9.01. The molecule has 0 radical (unpaired) electrons. The molecular formula is C12H13FN2O. The first kappa shape index (κ1) is 10.8. The van der Waals surface area contributed by atoms with Gasteiger partial charge in [0.15, 0.2) is 5.78 Å². The Hall–Kier alpha value is -1.68. The summed E-state index contributed by atoms with van der Waals surface area (Å²) in [5, 5.41) is 3.74. The van der Waals surface area contributed by atoms with Crippen molar-refractivity contribution in [3.63, 3.8) is 0 Å². The third-order valence-corrected chi connectivity index (χ3v) is 2.48. The Balaban J connectivity index is 2.34. The van der Waals surface area contributed by atoms with Gasteiger partial charge in [0.1, 0.15) is 5.82 Å². The van der Waals surface area contributed by atoms with E-state index in [4.69, 9.17) is 0 Å². The highest BCUT2D eigenvalue weighted by Crippen LogP contribution is 2.19. The van der Waals surface area contributed by atoms with Crippen molar-refractivity contribution in [1.29, 1.82) is 0 Å². The Bertz CT molecular complexity index is 519. The molecule has 4 heteroatoms. The molecule has 1 aromatic heterocycles. The number of aromatic amines is 1. The van der Waals surface area contributed by atoms with Crippen LogP contribution in [-0.4, -0.2) is 23.9 Å². The molecule has 0 aliphatic carbocycles. The van der Waals surface area contributed by atoms with E-state index in [0.717, 1.165) is 11.9 Å². The topological polar surface area (TPSA) is 44.9 Å². The molecule has 0 atom stereocenters. The zero-order valence-corrected chi connectivity index (χ0v) is 9.01. The number of halogens is 1.